The molecule has 0 radical (unpaired) electrons. The van der Waals surface area contributed by atoms with Gasteiger partial charge in [0.25, 0.3) is 5.91 Å². The number of aromatic amines is 1. The number of hydrogen-bond donors (Lipinski definition) is 5. The number of likely N-dealkylation sites (tertiary alicyclic amines) is 1. The minimum Gasteiger partial charge on any atom is -0.494 e. The van der Waals surface area contributed by atoms with Gasteiger partial charge in [0, 0.05) is 31.8 Å². The Kier molecular flexibility index (Phi) is 18.9. The summed E-state index contributed by atoms with van der Waals surface area (Å²) < 4.78 is 33.5. The van der Waals surface area contributed by atoms with Crippen molar-refractivity contribution in [3.63, 3.8) is 0 Å². The largest absolute Gasteiger partial charge is 0.494 e. The molecule has 3 atom stereocenters. The Hall–Kier alpha value is -6.29. The molecule has 0 aliphatic carbocycles. The van der Waals surface area contributed by atoms with Crippen LogP contribution in [0.4, 0.5) is 5.69 Å². The van der Waals surface area contributed by atoms with Gasteiger partial charge in [0.1, 0.15) is 48.2 Å². The summed E-state index contributed by atoms with van der Waals surface area (Å²) in [6.45, 7) is 9.64. The zero-order valence-corrected chi connectivity index (χ0v) is 39.8. The highest BCUT2D eigenvalue weighted by molar-refractivity contribution is 7.13. The SMILES string of the molecule is COc1cc(OCCOCCOCCOCCOCC(=O)N[C@H](C(=O)N2C[C@H](O)C[C@H]2C(=O)NCc2ccc(-c3scnc3C)cc2)C(C)(C)C)ccc1NC(=O)c1cccc(-c2cc[nH]n2)n1. The van der Waals surface area contributed by atoms with Crippen LogP contribution in [0.5, 0.6) is 11.5 Å². The third-order valence-corrected chi connectivity index (χ3v) is 11.7. The molecule has 364 valence electrons. The quantitative estimate of drug-likeness (QED) is 0.0510. The van der Waals surface area contributed by atoms with Crippen molar-refractivity contribution in [1.82, 2.24) is 35.7 Å². The molecule has 2 aromatic carbocycles. The van der Waals surface area contributed by atoms with Crippen LogP contribution < -0.4 is 25.4 Å². The van der Waals surface area contributed by atoms with Crippen molar-refractivity contribution < 1.29 is 52.7 Å². The van der Waals surface area contributed by atoms with Crippen LogP contribution in [-0.2, 0) is 39.9 Å². The van der Waals surface area contributed by atoms with Crippen LogP contribution in [0.15, 0.2) is 78.4 Å². The highest BCUT2D eigenvalue weighted by Crippen LogP contribution is 2.31. The average molecular weight is 957 g/mol. The van der Waals surface area contributed by atoms with Crippen LogP contribution in [0.3, 0.4) is 0 Å². The number of amides is 4. The van der Waals surface area contributed by atoms with Crippen LogP contribution in [0.2, 0.25) is 0 Å². The lowest BCUT2D eigenvalue weighted by Gasteiger charge is -2.35. The van der Waals surface area contributed by atoms with Gasteiger partial charge in [-0.15, -0.1) is 11.3 Å². The second-order valence-electron chi connectivity index (χ2n) is 16.9. The van der Waals surface area contributed by atoms with Gasteiger partial charge in [0.15, 0.2) is 0 Å². The second-order valence-corrected chi connectivity index (χ2v) is 17.7. The van der Waals surface area contributed by atoms with Crippen LogP contribution in [0.1, 0.15) is 48.9 Å². The van der Waals surface area contributed by atoms with E-state index in [9.17, 15) is 24.3 Å². The van der Waals surface area contributed by atoms with Crippen molar-refractivity contribution in [3.8, 4) is 33.3 Å². The van der Waals surface area contributed by atoms with Gasteiger partial charge in [-0.2, -0.15) is 5.10 Å². The molecule has 1 saturated heterocycles. The van der Waals surface area contributed by atoms with Crippen molar-refractivity contribution in [2.24, 2.45) is 5.41 Å². The Morgan fingerprint density at radius 2 is 1.60 bits per heavy atom. The number of methoxy groups -OCH3 is 1. The number of aryl methyl sites for hydroxylation is 1. The Balaban J connectivity index is 0.804. The lowest BCUT2D eigenvalue weighted by molar-refractivity contribution is -0.144. The first kappa shape index (κ1) is 51.1. The first-order chi connectivity index (χ1) is 32.8. The molecule has 0 saturated carbocycles. The van der Waals surface area contributed by atoms with Crippen molar-refractivity contribution in [1.29, 1.82) is 0 Å². The highest BCUT2D eigenvalue weighted by Gasteiger charge is 2.44. The number of hydrogen-bond acceptors (Lipinski definition) is 15. The molecule has 0 spiro atoms. The molecule has 5 aromatic rings. The molecule has 1 fully saturated rings. The number of H-pyrrole nitrogens is 1. The molecule has 0 unspecified atom stereocenters. The van der Waals surface area contributed by atoms with E-state index in [0.717, 1.165) is 21.7 Å². The summed E-state index contributed by atoms with van der Waals surface area (Å²) in [5, 5.41) is 25.9. The summed E-state index contributed by atoms with van der Waals surface area (Å²) in [7, 11) is 1.50. The molecular weight excluding hydrogens is 897 g/mol. The van der Waals surface area contributed by atoms with E-state index < -0.39 is 41.3 Å². The van der Waals surface area contributed by atoms with Gasteiger partial charge < -0.3 is 54.4 Å². The summed E-state index contributed by atoms with van der Waals surface area (Å²) in [6.07, 6.45) is 0.896. The van der Waals surface area contributed by atoms with Crippen LogP contribution in [-0.4, -0.2) is 145 Å². The van der Waals surface area contributed by atoms with Gasteiger partial charge in [0.05, 0.1) is 86.9 Å². The number of carbonyl (C=O) groups is 4. The van der Waals surface area contributed by atoms with Gasteiger partial charge in [-0.1, -0.05) is 51.1 Å². The monoisotopic (exact) mass is 956 g/mol. The summed E-state index contributed by atoms with van der Waals surface area (Å²) in [4.78, 5) is 64.3. The lowest BCUT2D eigenvalue weighted by atomic mass is 9.85. The normalized spacial score (nSPS) is 15.2. The predicted molar refractivity (Wildman–Crippen MR) is 253 cm³/mol. The number of aliphatic hydroxyl groups is 1. The van der Waals surface area contributed by atoms with Crippen LogP contribution in [0, 0.1) is 12.3 Å². The molecule has 19 nitrogen and oxygen atoms in total. The number of rotatable bonds is 25. The number of β-amino-alcohol motifs (C(OH)–C–C–N with tert-alkyl or cyclic N) is 1. The van der Waals surface area contributed by atoms with Gasteiger partial charge >= 0.3 is 0 Å². The van der Waals surface area contributed by atoms with Gasteiger partial charge in [-0.05, 0) is 53.8 Å². The Bertz CT molecular complexity index is 2410. The van der Waals surface area contributed by atoms with E-state index in [4.69, 9.17) is 28.4 Å². The van der Waals surface area contributed by atoms with Crippen molar-refractivity contribution in [2.75, 3.05) is 78.4 Å². The number of carbonyl (C=O) groups excluding carboxylic acids is 4. The number of benzene rings is 2. The molecule has 1 aliphatic heterocycles. The third kappa shape index (κ3) is 14.9. The fraction of sp³-hybridized carbons (Fsp3) is 0.438. The minimum atomic E-state index is -0.974. The van der Waals surface area contributed by atoms with E-state index in [1.54, 1.807) is 60.0 Å². The number of aromatic nitrogens is 4. The predicted octanol–water partition coefficient (Wildman–Crippen LogP) is 4.42. The second kappa shape index (κ2) is 25.2. The number of nitrogens with zero attached hydrogens (tertiary/aromatic N) is 4. The molecular formula is C48H60N8O11S. The number of pyridine rings is 1. The molecule has 1 aliphatic rings. The Labute approximate surface area is 399 Å². The standard InChI is InChI=1S/C48H60N8O11S/c1-31-43(68-30-50-31)33-11-9-32(10-12-33)27-49-46(60)40-25-34(57)28-56(40)47(61)44(48(2,3)4)54-42(58)29-66-22-21-64-18-17-63-19-20-65-23-24-67-35-13-14-38(41(26-35)62-5)53-45(59)39-8-6-7-36(52-39)37-15-16-51-55-37/h6-16,26,30,34,40,44,57H,17-25,27-29H2,1-5H3,(H,49,60)(H,51,55)(H,53,59)(H,54,58)/t34-,40+,44-/m1/s1. The Morgan fingerprint density at radius 3 is 2.25 bits per heavy atom. The molecule has 4 amide bonds. The van der Waals surface area contributed by atoms with Crippen molar-refractivity contribution in [3.05, 3.63) is 95.4 Å². The number of aliphatic hydroxyl groups excluding tert-OH is 1. The number of nitrogens with one attached hydrogen (secondary N) is 4. The zero-order valence-electron chi connectivity index (χ0n) is 38.9. The molecule has 4 heterocycles. The smallest absolute Gasteiger partial charge is 0.274 e. The van der Waals surface area contributed by atoms with E-state index in [2.05, 4.69) is 36.1 Å². The summed E-state index contributed by atoms with van der Waals surface area (Å²) in [6, 6.07) is 18.0. The maximum absolute atomic E-state index is 13.9. The van der Waals surface area contributed by atoms with Crippen LogP contribution in [0.25, 0.3) is 21.8 Å². The molecule has 68 heavy (non-hydrogen) atoms. The molecule has 20 heteroatoms. The molecule has 3 aromatic heterocycles. The maximum atomic E-state index is 13.9. The lowest BCUT2D eigenvalue weighted by Crippen LogP contribution is -2.58. The van der Waals surface area contributed by atoms with Crippen molar-refractivity contribution in [2.45, 2.75) is 58.8 Å². The first-order valence-electron chi connectivity index (χ1n) is 22.3. The van der Waals surface area contributed by atoms with Gasteiger partial charge in [-0.25, -0.2) is 9.97 Å². The zero-order chi connectivity index (χ0) is 48.5. The number of anilines is 1. The maximum Gasteiger partial charge on any atom is 0.274 e. The van der Waals surface area contributed by atoms with E-state index in [1.165, 1.54) is 12.0 Å². The number of thiazole rings is 1. The average Bonchev–Trinajstić information content (AvgIpc) is 4.12. The van der Waals surface area contributed by atoms with Crippen molar-refractivity contribution >= 4 is 40.7 Å². The minimum absolute atomic E-state index is 0.0237. The van der Waals surface area contributed by atoms with E-state index in [1.807, 2.05) is 57.5 Å². The van der Waals surface area contributed by atoms with E-state index in [-0.39, 0.29) is 57.5 Å². The fourth-order valence-corrected chi connectivity index (χ4v) is 8.00. The highest BCUT2D eigenvalue weighted by atomic mass is 32.1. The molecule has 0 bridgehead atoms. The summed E-state index contributed by atoms with van der Waals surface area (Å²) in [5.74, 6) is -0.770. The third-order valence-electron chi connectivity index (χ3n) is 10.7. The first-order valence-corrected chi connectivity index (χ1v) is 23.1. The summed E-state index contributed by atoms with van der Waals surface area (Å²) >= 11 is 1.57. The van der Waals surface area contributed by atoms with Gasteiger partial charge in [0.2, 0.25) is 17.7 Å². The fourth-order valence-electron chi connectivity index (χ4n) is 7.18. The van der Waals surface area contributed by atoms with E-state index >= 15 is 0 Å². The molecule has 5 N–H and O–H groups in total. The van der Waals surface area contributed by atoms with E-state index in [0.29, 0.717) is 61.6 Å². The topological polar surface area (TPSA) is 238 Å². The number of ether oxygens (including phenoxy) is 6. The van der Waals surface area contributed by atoms with Crippen LogP contribution >= 0.6 is 11.3 Å². The Morgan fingerprint density at radius 1 is 0.897 bits per heavy atom. The summed E-state index contributed by atoms with van der Waals surface area (Å²) in [5.41, 5.74) is 5.88. The van der Waals surface area contributed by atoms with Gasteiger partial charge in [-0.3, -0.25) is 24.3 Å². The molecule has 6 rings (SSSR count).